The van der Waals surface area contributed by atoms with Crippen LogP contribution in [0.5, 0.6) is 0 Å². The SMILES string of the molecule is O=C(O[C@H]1C=C[C@H](F)CC1)c1ccccc1. The van der Waals surface area contributed by atoms with E-state index in [-0.39, 0.29) is 12.1 Å². The van der Waals surface area contributed by atoms with E-state index in [1.165, 1.54) is 6.08 Å². The molecule has 0 saturated heterocycles. The van der Waals surface area contributed by atoms with Crippen LogP contribution in [0.3, 0.4) is 0 Å². The average Bonchev–Trinajstić information content (AvgIpc) is 2.33. The lowest BCUT2D eigenvalue weighted by Crippen LogP contribution is -2.20. The Balaban J connectivity index is 1.96. The summed E-state index contributed by atoms with van der Waals surface area (Å²) in [5, 5.41) is 0. The van der Waals surface area contributed by atoms with Gasteiger partial charge in [0.15, 0.2) is 0 Å². The predicted molar refractivity (Wildman–Crippen MR) is 58.9 cm³/mol. The summed E-state index contributed by atoms with van der Waals surface area (Å²) < 4.78 is 18.0. The molecule has 0 N–H and O–H groups in total. The molecule has 0 spiro atoms. The molecule has 1 aromatic carbocycles. The van der Waals surface area contributed by atoms with Gasteiger partial charge in [0.1, 0.15) is 12.3 Å². The van der Waals surface area contributed by atoms with Crippen molar-refractivity contribution in [2.45, 2.75) is 25.1 Å². The van der Waals surface area contributed by atoms with Gasteiger partial charge in [0.25, 0.3) is 0 Å². The molecule has 0 heterocycles. The van der Waals surface area contributed by atoms with Crippen molar-refractivity contribution in [3.63, 3.8) is 0 Å². The third-order valence-electron chi connectivity index (χ3n) is 2.53. The Kier molecular flexibility index (Phi) is 3.34. The van der Waals surface area contributed by atoms with Gasteiger partial charge in [-0.1, -0.05) is 24.3 Å². The molecule has 2 nitrogen and oxygen atoms in total. The van der Waals surface area contributed by atoms with Crippen LogP contribution in [0.4, 0.5) is 4.39 Å². The number of carbonyl (C=O) groups excluding carboxylic acids is 1. The first kappa shape index (κ1) is 10.9. The Morgan fingerprint density at radius 2 is 1.94 bits per heavy atom. The molecule has 1 aliphatic carbocycles. The molecule has 84 valence electrons. The lowest BCUT2D eigenvalue weighted by Gasteiger charge is -2.18. The number of rotatable bonds is 2. The van der Waals surface area contributed by atoms with Gasteiger partial charge in [0.2, 0.25) is 0 Å². The van der Waals surface area contributed by atoms with Gasteiger partial charge < -0.3 is 4.74 Å². The van der Waals surface area contributed by atoms with E-state index in [2.05, 4.69) is 0 Å². The van der Waals surface area contributed by atoms with Crippen LogP contribution in [-0.2, 0) is 4.74 Å². The number of benzene rings is 1. The molecular formula is C13H13FO2. The molecule has 16 heavy (non-hydrogen) atoms. The molecule has 0 unspecified atom stereocenters. The minimum Gasteiger partial charge on any atom is -0.455 e. The summed E-state index contributed by atoms with van der Waals surface area (Å²) in [6.45, 7) is 0. The molecule has 0 saturated carbocycles. The number of esters is 1. The molecule has 2 atom stereocenters. The number of ether oxygens (including phenoxy) is 1. The van der Waals surface area contributed by atoms with Crippen LogP contribution in [0.1, 0.15) is 23.2 Å². The first-order valence-electron chi connectivity index (χ1n) is 5.34. The van der Waals surface area contributed by atoms with Gasteiger partial charge in [-0.15, -0.1) is 0 Å². The summed E-state index contributed by atoms with van der Waals surface area (Å²) >= 11 is 0. The van der Waals surface area contributed by atoms with Crippen molar-refractivity contribution in [3.05, 3.63) is 48.0 Å². The molecule has 3 heteroatoms. The average molecular weight is 220 g/mol. The highest BCUT2D eigenvalue weighted by Gasteiger charge is 2.18. The standard InChI is InChI=1S/C13H13FO2/c14-11-6-8-12(9-7-11)16-13(15)10-4-2-1-3-5-10/h1-6,8,11-12H,7,9H2/t11-,12-/m0/s1. The van der Waals surface area contributed by atoms with E-state index in [4.69, 9.17) is 4.74 Å². The van der Waals surface area contributed by atoms with Crippen molar-refractivity contribution in [2.24, 2.45) is 0 Å². The number of hydrogen-bond acceptors (Lipinski definition) is 2. The van der Waals surface area contributed by atoms with Crippen LogP contribution >= 0.6 is 0 Å². The van der Waals surface area contributed by atoms with E-state index < -0.39 is 6.17 Å². The molecule has 0 bridgehead atoms. The molecule has 1 aromatic rings. The highest BCUT2D eigenvalue weighted by Crippen LogP contribution is 2.17. The van der Waals surface area contributed by atoms with Crippen molar-refractivity contribution in [1.29, 1.82) is 0 Å². The number of hydrogen-bond donors (Lipinski definition) is 0. The van der Waals surface area contributed by atoms with Gasteiger partial charge in [0.05, 0.1) is 5.56 Å². The number of allylic oxidation sites excluding steroid dienone is 1. The van der Waals surface area contributed by atoms with Crippen LogP contribution in [0.15, 0.2) is 42.5 Å². The third-order valence-corrected chi connectivity index (χ3v) is 2.53. The molecule has 0 amide bonds. The highest BCUT2D eigenvalue weighted by atomic mass is 19.1. The first-order chi connectivity index (χ1) is 7.75. The van der Waals surface area contributed by atoms with E-state index in [1.807, 2.05) is 6.07 Å². The zero-order valence-electron chi connectivity index (χ0n) is 8.80. The normalized spacial score (nSPS) is 24.1. The van der Waals surface area contributed by atoms with E-state index in [0.29, 0.717) is 18.4 Å². The molecule has 0 radical (unpaired) electrons. The quantitative estimate of drug-likeness (QED) is 0.566. The van der Waals surface area contributed by atoms with Crippen molar-refractivity contribution in [3.8, 4) is 0 Å². The van der Waals surface area contributed by atoms with Crippen molar-refractivity contribution in [1.82, 2.24) is 0 Å². The van der Waals surface area contributed by atoms with Gasteiger partial charge in [-0.05, 0) is 31.1 Å². The van der Waals surface area contributed by atoms with Gasteiger partial charge in [0, 0.05) is 0 Å². The largest absolute Gasteiger partial charge is 0.455 e. The van der Waals surface area contributed by atoms with E-state index in [9.17, 15) is 9.18 Å². The summed E-state index contributed by atoms with van der Waals surface area (Å²) in [6.07, 6.45) is 2.85. The Labute approximate surface area is 93.7 Å². The number of halogens is 1. The Morgan fingerprint density at radius 3 is 2.56 bits per heavy atom. The van der Waals surface area contributed by atoms with Gasteiger partial charge in [-0.3, -0.25) is 0 Å². The monoisotopic (exact) mass is 220 g/mol. The molecular weight excluding hydrogens is 207 g/mol. The maximum Gasteiger partial charge on any atom is 0.338 e. The zero-order chi connectivity index (χ0) is 11.4. The maximum atomic E-state index is 12.8. The molecule has 0 aliphatic heterocycles. The summed E-state index contributed by atoms with van der Waals surface area (Å²) in [5.41, 5.74) is 0.526. The minimum atomic E-state index is -0.897. The molecule has 0 fully saturated rings. The lowest BCUT2D eigenvalue weighted by atomic mass is 10.0. The lowest BCUT2D eigenvalue weighted by molar-refractivity contribution is 0.0354. The Morgan fingerprint density at radius 1 is 1.19 bits per heavy atom. The maximum absolute atomic E-state index is 12.8. The topological polar surface area (TPSA) is 26.3 Å². The van der Waals surface area contributed by atoms with E-state index in [0.717, 1.165) is 0 Å². The number of carbonyl (C=O) groups is 1. The number of alkyl halides is 1. The van der Waals surface area contributed by atoms with Gasteiger partial charge in [-0.25, -0.2) is 9.18 Å². The zero-order valence-corrected chi connectivity index (χ0v) is 8.80. The summed E-state index contributed by atoms with van der Waals surface area (Å²) in [7, 11) is 0. The summed E-state index contributed by atoms with van der Waals surface area (Å²) in [6, 6.07) is 8.81. The predicted octanol–water partition coefficient (Wildman–Crippen LogP) is 2.90. The fourth-order valence-corrected chi connectivity index (χ4v) is 1.64. The van der Waals surface area contributed by atoms with Crippen LogP contribution in [0.2, 0.25) is 0 Å². The second-order valence-corrected chi connectivity index (χ2v) is 3.79. The van der Waals surface area contributed by atoms with Gasteiger partial charge in [-0.2, -0.15) is 0 Å². The van der Waals surface area contributed by atoms with Crippen LogP contribution < -0.4 is 0 Å². The van der Waals surface area contributed by atoms with Crippen molar-refractivity contribution in [2.75, 3.05) is 0 Å². The van der Waals surface area contributed by atoms with Crippen LogP contribution in [0, 0.1) is 0 Å². The van der Waals surface area contributed by atoms with Crippen molar-refractivity contribution >= 4 is 5.97 Å². The fraction of sp³-hybridized carbons (Fsp3) is 0.308. The molecule has 2 rings (SSSR count). The van der Waals surface area contributed by atoms with Gasteiger partial charge >= 0.3 is 5.97 Å². The third kappa shape index (κ3) is 2.69. The Hall–Kier alpha value is -1.64. The van der Waals surface area contributed by atoms with Crippen LogP contribution in [-0.4, -0.2) is 18.2 Å². The smallest absolute Gasteiger partial charge is 0.338 e. The van der Waals surface area contributed by atoms with E-state index in [1.54, 1.807) is 30.3 Å². The van der Waals surface area contributed by atoms with Crippen LogP contribution in [0.25, 0.3) is 0 Å². The van der Waals surface area contributed by atoms with Crippen molar-refractivity contribution < 1.29 is 13.9 Å². The molecule has 1 aliphatic rings. The fourth-order valence-electron chi connectivity index (χ4n) is 1.64. The first-order valence-corrected chi connectivity index (χ1v) is 5.34. The Bertz CT molecular complexity index is 386. The van der Waals surface area contributed by atoms with E-state index >= 15 is 0 Å². The summed E-state index contributed by atoms with van der Waals surface area (Å²) in [4.78, 5) is 11.6. The molecule has 0 aromatic heterocycles. The summed E-state index contributed by atoms with van der Waals surface area (Å²) in [5.74, 6) is -0.354. The second-order valence-electron chi connectivity index (χ2n) is 3.79. The minimum absolute atomic E-state index is 0.292. The second kappa shape index (κ2) is 4.92. The highest BCUT2D eigenvalue weighted by molar-refractivity contribution is 5.89.